The first kappa shape index (κ1) is 16.0. The molecule has 0 bridgehead atoms. The average Bonchev–Trinajstić information content (AvgIpc) is 3.06. The van der Waals surface area contributed by atoms with E-state index >= 15 is 0 Å². The fraction of sp³-hybridized carbons (Fsp3) is 0.111. The van der Waals surface area contributed by atoms with E-state index < -0.39 is 0 Å². The van der Waals surface area contributed by atoms with Crippen LogP contribution in [0.1, 0.15) is 21.6 Å². The average molecular weight is 387 g/mol. The minimum absolute atomic E-state index is 0.00529. The van der Waals surface area contributed by atoms with E-state index in [4.69, 9.17) is 0 Å². The molecule has 2 aromatic carbocycles. The first-order valence-electron chi connectivity index (χ1n) is 7.11. The molecule has 0 atom stereocenters. The second-order valence-electron chi connectivity index (χ2n) is 4.94. The maximum Gasteiger partial charge on any atom is 0.196 e. The third-order valence-electron chi connectivity index (χ3n) is 3.59. The molecule has 0 radical (unpaired) electrons. The van der Waals surface area contributed by atoms with Crippen molar-refractivity contribution in [2.24, 2.45) is 0 Å². The Labute approximate surface area is 147 Å². The Morgan fingerprint density at radius 1 is 1.13 bits per heavy atom. The van der Waals surface area contributed by atoms with Gasteiger partial charge < -0.3 is 0 Å². The summed E-state index contributed by atoms with van der Waals surface area (Å²) in [5.74, 6) is -0.00529. The number of aromatic nitrogens is 2. The lowest BCUT2D eigenvalue weighted by atomic mass is 10.0. The van der Waals surface area contributed by atoms with Crippen molar-refractivity contribution in [1.82, 2.24) is 9.78 Å². The van der Waals surface area contributed by atoms with Gasteiger partial charge in [-0.15, -0.1) is 11.8 Å². The number of alkyl halides is 1. The molecule has 3 rings (SSSR count). The van der Waals surface area contributed by atoms with E-state index in [2.05, 4.69) is 21.0 Å². The van der Waals surface area contributed by atoms with Crippen LogP contribution in [0.25, 0.3) is 5.69 Å². The molecule has 0 saturated carbocycles. The van der Waals surface area contributed by atoms with Gasteiger partial charge in [0.15, 0.2) is 5.78 Å². The zero-order valence-corrected chi connectivity index (χ0v) is 15.0. The van der Waals surface area contributed by atoms with Gasteiger partial charge in [0, 0.05) is 15.8 Å². The molecule has 0 aliphatic heterocycles. The number of halogens is 1. The van der Waals surface area contributed by atoms with E-state index in [0.717, 1.165) is 16.3 Å². The highest BCUT2D eigenvalue weighted by atomic mass is 79.9. The summed E-state index contributed by atoms with van der Waals surface area (Å²) in [5, 5.41) is 4.96. The summed E-state index contributed by atoms with van der Waals surface area (Å²) in [6, 6.07) is 17.5. The predicted octanol–water partition coefficient (Wildman–Crippen LogP) is 4.72. The van der Waals surface area contributed by atoms with Crippen molar-refractivity contribution in [3.63, 3.8) is 0 Å². The number of hydrogen-bond acceptors (Lipinski definition) is 3. The van der Waals surface area contributed by atoms with Gasteiger partial charge in [-0.05, 0) is 42.7 Å². The summed E-state index contributed by atoms with van der Waals surface area (Å²) in [4.78, 5) is 13.9. The van der Waals surface area contributed by atoms with E-state index in [9.17, 15) is 4.79 Å². The second kappa shape index (κ2) is 7.15. The fourth-order valence-electron chi connectivity index (χ4n) is 2.38. The van der Waals surface area contributed by atoms with Crippen LogP contribution in [0.15, 0.2) is 65.7 Å². The van der Waals surface area contributed by atoms with E-state index in [1.165, 1.54) is 0 Å². The number of para-hydroxylation sites is 1. The molecule has 0 amide bonds. The number of carbonyl (C=O) groups is 1. The van der Waals surface area contributed by atoms with Gasteiger partial charge in [-0.1, -0.05) is 34.1 Å². The second-order valence-corrected chi connectivity index (χ2v) is 6.38. The maximum absolute atomic E-state index is 12.8. The molecule has 3 aromatic rings. The lowest BCUT2D eigenvalue weighted by Gasteiger charge is -2.07. The summed E-state index contributed by atoms with van der Waals surface area (Å²) < 4.78 is 1.80. The minimum atomic E-state index is -0.00529. The highest BCUT2D eigenvalue weighted by molar-refractivity contribution is 9.08. The molecule has 0 unspecified atom stereocenters. The van der Waals surface area contributed by atoms with Gasteiger partial charge in [0.25, 0.3) is 0 Å². The molecule has 116 valence electrons. The van der Waals surface area contributed by atoms with Gasteiger partial charge in [0.2, 0.25) is 0 Å². The number of carbonyl (C=O) groups excluding carboxylic acids is 1. The Hall–Kier alpha value is -1.85. The molecule has 0 fully saturated rings. The standard InChI is InChI=1S/C18H15BrN2OS/c1-23-15-9-7-13(8-10-15)18(22)16-12-20-21(17(16)11-19)14-5-3-2-4-6-14/h2-10,12H,11H2,1H3. The lowest BCUT2D eigenvalue weighted by Crippen LogP contribution is -2.06. The Bertz CT molecular complexity index is 813. The van der Waals surface area contributed by atoms with Crippen LogP contribution in [-0.4, -0.2) is 21.8 Å². The van der Waals surface area contributed by atoms with Crippen molar-refractivity contribution >= 4 is 33.5 Å². The van der Waals surface area contributed by atoms with E-state index in [1.807, 2.05) is 60.9 Å². The van der Waals surface area contributed by atoms with Gasteiger partial charge >= 0.3 is 0 Å². The highest BCUT2D eigenvalue weighted by Gasteiger charge is 2.18. The third kappa shape index (κ3) is 3.26. The van der Waals surface area contributed by atoms with Gasteiger partial charge in [0.05, 0.1) is 23.1 Å². The number of benzene rings is 2. The molecule has 0 aliphatic rings. The Morgan fingerprint density at radius 2 is 1.83 bits per heavy atom. The first-order chi connectivity index (χ1) is 11.2. The molecule has 3 nitrogen and oxygen atoms in total. The van der Waals surface area contributed by atoms with Gasteiger partial charge in [-0.25, -0.2) is 4.68 Å². The Morgan fingerprint density at radius 3 is 2.43 bits per heavy atom. The molecule has 5 heteroatoms. The van der Waals surface area contributed by atoms with Crippen molar-refractivity contribution in [3.8, 4) is 5.69 Å². The Kier molecular flexibility index (Phi) is 4.98. The highest BCUT2D eigenvalue weighted by Crippen LogP contribution is 2.22. The normalized spacial score (nSPS) is 10.7. The molecule has 23 heavy (non-hydrogen) atoms. The van der Waals surface area contributed by atoms with Crippen LogP contribution in [0.3, 0.4) is 0 Å². The number of rotatable bonds is 5. The summed E-state index contributed by atoms with van der Waals surface area (Å²) in [6.45, 7) is 0. The summed E-state index contributed by atoms with van der Waals surface area (Å²) in [5.41, 5.74) is 3.11. The van der Waals surface area contributed by atoms with Crippen molar-refractivity contribution in [2.45, 2.75) is 10.2 Å². The summed E-state index contributed by atoms with van der Waals surface area (Å²) in [6.07, 6.45) is 3.66. The van der Waals surface area contributed by atoms with Gasteiger partial charge in [0.1, 0.15) is 0 Å². The van der Waals surface area contributed by atoms with Gasteiger partial charge in [-0.2, -0.15) is 5.10 Å². The topological polar surface area (TPSA) is 34.9 Å². The molecular weight excluding hydrogens is 372 g/mol. The van der Waals surface area contributed by atoms with Crippen LogP contribution in [0, 0.1) is 0 Å². The smallest absolute Gasteiger partial charge is 0.196 e. The molecule has 1 heterocycles. The molecule has 0 spiro atoms. The van der Waals surface area contributed by atoms with Crippen molar-refractivity contribution in [2.75, 3.05) is 6.26 Å². The third-order valence-corrected chi connectivity index (χ3v) is 4.87. The maximum atomic E-state index is 12.8. The predicted molar refractivity (Wildman–Crippen MR) is 97.9 cm³/mol. The largest absolute Gasteiger partial charge is 0.288 e. The van der Waals surface area contributed by atoms with E-state index in [-0.39, 0.29) is 5.78 Å². The van der Waals surface area contributed by atoms with Crippen LogP contribution in [0.5, 0.6) is 0 Å². The molecular formula is C18H15BrN2OS. The van der Waals surface area contributed by atoms with Crippen LogP contribution < -0.4 is 0 Å². The van der Waals surface area contributed by atoms with Crippen molar-refractivity contribution in [3.05, 3.63) is 77.6 Å². The quantitative estimate of drug-likeness (QED) is 0.361. The van der Waals surface area contributed by atoms with Crippen LogP contribution in [0.4, 0.5) is 0 Å². The number of ketones is 1. The Balaban J connectivity index is 1.99. The first-order valence-corrected chi connectivity index (χ1v) is 9.46. The summed E-state index contributed by atoms with van der Waals surface area (Å²) in [7, 11) is 0. The van der Waals surface area contributed by atoms with Gasteiger partial charge in [-0.3, -0.25) is 4.79 Å². The number of thioether (sulfide) groups is 1. The number of hydrogen-bond donors (Lipinski definition) is 0. The lowest BCUT2D eigenvalue weighted by molar-refractivity contribution is 0.103. The molecule has 0 aliphatic carbocycles. The fourth-order valence-corrected chi connectivity index (χ4v) is 3.33. The van der Waals surface area contributed by atoms with Crippen LogP contribution in [0.2, 0.25) is 0 Å². The van der Waals surface area contributed by atoms with Crippen molar-refractivity contribution < 1.29 is 4.79 Å². The molecule has 0 saturated heterocycles. The molecule has 0 N–H and O–H groups in total. The van der Waals surface area contributed by atoms with Crippen LogP contribution >= 0.6 is 27.7 Å². The van der Waals surface area contributed by atoms with Crippen LogP contribution in [-0.2, 0) is 5.33 Å². The molecule has 1 aromatic heterocycles. The SMILES string of the molecule is CSc1ccc(C(=O)c2cnn(-c3ccccc3)c2CBr)cc1. The monoisotopic (exact) mass is 386 g/mol. The zero-order chi connectivity index (χ0) is 16.2. The van der Waals surface area contributed by atoms with E-state index in [0.29, 0.717) is 16.5 Å². The van der Waals surface area contributed by atoms with E-state index in [1.54, 1.807) is 22.6 Å². The summed E-state index contributed by atoms with van der Waals surface area (Å²) >= 11 is 5.14. The number of nitrogens with zero attached hydrogens (tertiary/aromatic N) is 2. The minimum Gasteiger partial charge on any atom is -0.288 e. The van der Waals surface area contributed by atoms with Crippen molar-refractivity contribution in [1.29, 1.82) is 0 Å². The zero-order valence-electron chi connectivity index (χ0n) is 12.6.